The molecule has 1 aromatic carbocycles. The van der Waals surface area contributed by atoms with Crippen LogP contribution in [0.4, 0.5) is 19.6 Å². The molecule has 0 radical (unpaired) electrons. The first-order chi connectivity index (χ1) is 7.69. The predicted octanol–water partition coefficient (Wildman–Crippen LogP) is 2.62. The number of nitrogens with one attached hydrogen (secondary N) is 1. The van der Waals surface area contributed by atoms with Crippen LogP contribution < -0.4 is 11.1 Å². The van der Waals surface area contributed by atoms with E-state index < -0.39 is 11.6 Å². The van der Waals surface area contributed by atoms with Crippen molar-refractivity contribution in [2.45, 2.75) is 6.54 Å². The molecule has 0 amide bonds. The zero-order valence-corrected chi connectivity index (χ0v) is 9.02. The lowest BCUT2D eigenvalue weighted by Gasteiger charge is -2.03. The second-order valence-electron chi connectivity index (χ2n) is 3.09. The molecule has 3 N–H and O–H groups in total. The van der Waals surface area contributed by atoms with Crippen LogP contribution in [-0.4, -0.2) is 4.98 Å². The van der Waals surface area contributed by atoms with E-state index in [2.05, 4.69) is 10.3 Å². The van der Waals surface area contributed by atoms with Crippen molar-refractivity contribution in [2.24, 2.45) is 5.73 Å². The van der Waals surface area contributed by atoms with E-state index in [0.29, 0.717) is 11.7 Å². The standard InChI is InChI=1S/C10H9F2N3S/c11-6-1-2-8(12)9(3-6)15-10-14-5-7(4-13)16-10/h1-3,5H,4,13H2,(H,14,15). The van der Waals surface area contributed by atoms with Crippen LogP contribution >= 0.6 is 11.3 Å². The fourth-order valence-corrected chi connectivity index (χ4v) is 1.87. The smallest absolute Gasteiger partial charge is 0.187 e. The Hall–Kier alpha value is -1.53. The molecule has 84 valence electrons. The third kappa shape index (κ3) is 2.34. The van der Waals surface area contributed by atoms with E-state index in [9.17, 15) is 8.78 Å². The lowest BCUT2D eigenvalue weighted by atomic mass is 10.3. The van der Waals surface area contributed by atoms with E-state index in [4.69, 9.17) is 5.73 Å². The number of hydrogen-bond donors (Lipinski definition) is 2. The Bertz CT molecular complexity index is 499. The van der Waals surface area contributed by atoms with Gasteiger partial charge in [0.05, 0.1) is 5.69 Å². The Morgan fingerprint density at radius 3 is 2.88 bits per heavy atom. The summed E-state index contributed by atoms with van der Waals surface area (Å²) < 4.78 is 26.1. The van der Waals surface area contributed by atoms with Gasteiger partial charge in [-0.05, 0) is 12.1 Å². The van der Waals surface area contributed by atoms with Gasteiger partial charge in [0, 0.05) is 23.7 Å². The van der Waals surface area contributed by atoms with E-state index >= 15 is 0 Å². The molecule has 0 aliphatic rings. The summed E-state index contributed by atoms with van der Waals surface area (Å²) >= 11 is 1.31. The minimum Gasteiger partial charge on any atom is -0.329 e. The van der Waals surface area contributed by atoms with E-state index in [1.54, 1.807) is 6.20 Å². The Kier molecular flexibility index (Phi) is 3.12. The van der Waals surface area contributed by atoms with Gasteiger partial charge in [-0.2, -0.15) is 0 Å². The summed E-state index contributed by atoms with van der Waals surface area (Å²) in [4.78, 5) is 4.87. The predicted molar refractivity (Wildman–Crippen MR) is 59.6 cm³/mol. The summed E-state index contributed by atoms with van der Waals surface area (Å²) in [6.07, 6.45) is 1.60. The molecule has 2 aromatic rings. The Labute approximate surface area is 94.9 Å². The van der Waals surface area contributed by atoms with Gasteiger partial charge >= 0.3 is 0 Å². The average Bonchev–Trinajstić information content (AvgIpc) is 2.71. The van der Waals surface area contributed by atoms with Gasteiger partial charge in [-0.1, -0.05) is 0 Å². The normalized spacial score (nSPS) is 10.4. The highest BCUT2D eigenvalue weighted by atomic mass is 32.1. The van der Waals surface area contributed by atoms with E-state index in [-0.39, 0.29) is 5.69 Å². The highest BCUT2D eigenvalue weighted by molar-refractivity contribution is 7.15. The molecule has 0 bridgehead atoms. The van der Waals surface area contributed by atoms with Gasteiger partial charge in [-0.3, -0.25) is 0 Å². The van der Waals surface area contributed by atoms with Crippen LogP contribution in [0.2, 0.25) is 0 Å². The van der Waals surface area contributed by atoms with Gasteiger partial charge in [0.2, 0.25) is 0 Å². The Morgan fingerprint density at radius 1 is 1.38 bits per heavy atom. The topological polar surface area (TPSA) is 50.9 Å². The van der Waals surface area contributed by atoms with Crippen molar-refractivity contribution >= 4 is 22.2 Å². The maximum absolute atomic E-state index is 13.3. The molecule has 0 spiro atoms. The van der Waals surface area contributed by atoms with Gasteiger partial charge in [0.1, 0.15) is 11.6 Å². The molecule has 1 aromatic heterocycles. The molecule has 0 unspecified atom stereocenters. The van der Waals surface area contributed by atoms with E-state index in [1.165, 1.54) is 11.3 Å². The summed E-state index contributed by atoms with van der Waals surface area (Å²) in [6.45, 7) is 0.380. The summed E-state index contributed by atoms with van der Waals surface area (Å²) in [5, 5.41) is 3.20. The number of halogens is 2. The molecule has 3 nitrogen and oxygen atoms in total. The SMILES string of the molecule is NCc1cnc(Nc2cc(F)ccc2F)s1. The van der Waals surface area contributed by atoms with Crippen molar-refractivity contribution in [3.05, 3.63) is 40.9 Å². The van der Waals surface area contributed by atoms with Gasteiger partial charge < -0.3 is 11.1 Å². The first-order valence-electron chi connectivity index (χ1n) is 4.56. The number of rotatable bonds is 3. The molecule has 0 aliphatic carbocycles. The van der Waals surface area contributed by atoms with Crippen molar-refractivity contribution in [2.75, 3.05) is 5.32 Å². The van der Waals surface area contributed by atoms with Crippen molar-refractivity contribution in [1.29, 1.82) is 0 Å². The highest BCUT2D eigenvalue weighted by Gasteiger charge is 2.06. The Morgan fingerprint density at radius 2 is 2.19 bits per heavy atom. The number of aromatic nitrogens is 1. The fraction of sp³-hybridized carbons (Fsp3) is 0.100. The van der Waals surface area contributed by atoms with Crippen LogP contribution in [0.5, 0.6) is 0 Å². The van der Waals surface area contributed by atoms with Gasteiger partial charge in [-0.15, -0.1) is 11.3 Å². The molecule has 16 heavy (non-hydrogen) atoms. The highest BCUT2D eigenvalue weighted by Crippen LogP contribution is 2.24. The minimum absolute atomic E-state index is 0.0675. The number of benzene rings is 1. The minimum atomic E-state index is -0.522. The summed E-state index contributed by atoms with van der Waals surface area (Å²) in [6, 6.07) is 3.21. The largest absolute Gasteiger partial charge is 0.329 e. The van der Waals surface area contributed by atoms with Crippen LogP contribution in [-0.2, 0) is 6.54 Å². The number of hydrogen-bond acceptors (Lipinski definition) is 4. The Balaban J connectivity index is 2.22. The van der Waals surface area contributed by atoms with Crippen LogP contribution in [0.15, 0.2) is 24.4 Å². The molecule has 2 rings (SSSR count). The second kappa shape index (κ2) is 4.54. The maximum Gasteiger partial charge on any atom is 0.187 e. The number of thiazole rings is 1. The summed E-state index contributed by atoms with van der Waals surface area (Å²) in [5.74, 6) is -1.02. The molecule has 0 atom stereocenters. The number of nitrogens with two attached hydrogens (primary N) is 1. The van der Waals surface area contributed by atoms with E-state index in [0.717, 1.165) is 23.1 Å². The summed E-state index contributed by atoms with van der Waals surface area (Å²) in [7, 11) is 0. The molecular weight excluding hydrogens is 232 g/mol. The first-order valence-corrected chi connectivity index (χ1v) is 5.37. The third-order valence-electron chi connectivity index (χ3n) is 1.92. The summed E-state index contributed by atoms with van der Waals surface area (Å²) in [5.41, 5.74) is 5.49. The van der Waals surface area contributed by atoms with Crippen LogP contribution in [0.3, 0.4) is 0 Å². The van der Waals surface area contributed by atoms with Crippen LogP contribution in [0.1, 0.15) is 4.88 Å². The quantitative estimate of drug-likeness (QED) is 0.868. The fourth-order valence-electron chi connectivity index (χ4n) is 1.17. The average molecular weight is 241 g/mol. The molecular formula is C10H9F2N3S. The first kappa shape index (κ1) is 11.0. The van der Waals surface area contributed by atoms with Crippen molar-refractivity contribution in [1.82, 2.24) is 4.98 Å². The van der Waals surface area contributed by atoms with Gasteiger partial charge in [0.15, 0.2) is 5.13 Å². The molecule has 0 fully saturated rings. The monoisotopic (exact) mass is 241 g/mol. The van der Waals surface area contributed by atoms with Crippen LogP contribution in [0.25, 0.3) is 0 Å². The zero-order valence-electron chi connectivity index (χ0n) is 8.21. The molecule has 1 heterocycles. The molecule has 0 aliphatic heterocycles. The van der Waals surface area contributed by atoms with Crippen molar-refractivity contribution in [3.8, 4) is 0 Å². The van der Waals surface area contributed by atoms with Gasteiger partial charge in [-0.25, -0.2) is 13.8 Å². The van der Waals surface area contributed by atoms with Gasteiger partial charge in [0.25, 0.3) is 0 Å². The zero-order chi connectivity index (χ0) is 11.5. The molecule has 0 saturated carbocycles. The maximum atomic E-state index is 13.3. The van der Waals surface area contributed by atoms with Crippen molar-refractivity contribution in [3.63, 3.8) is 0 Å². The number of nitrogens with zero attached hydrogens (tertiary/aromatic N) is 1. The van der Waals surface area contributed by atoms with Crippen LogP contribution in [0, 0.1) is 11.6 Å². The second-order valence-corrected chi connectivity index (χ2v) is 4.20. The molecule has 0 saturated heterocycles. The third-order valence-corrected chi connectivity index (χ3v) is 2.86. The number of anilines is 2. The lowest BCUT2D eigenvalue weighted by molar-refractivity contribution is 0.603. The van der Waals surface area contributed by atoms with E-state index in [1.807, 2.05) is 0 Å². The molecule has 6 heteroatoms. The van der Waals surface area contributed by atoms with Crippen molar-refractivity contribution < 1.29 is 8.78 Å². The lowest BCUT2D eigenvalue weighted by Crippen LogP contribution is -1.93.